The number of halogens is 2. The molecule has 1 aromatic carbocycles. The molecule has 0 radical (unpaired) electrons. The van der Waals surface area contributed by atoms with Gasteiger partial charge >= 0.3 is 0 Å². The highest BCUT2D eigenvalue weighted by Gasteiger charge is 2.28. The first kappa shape index (κ1) is 17.1. The highest BCUT2D eigenvalue weighted by atomic mass is 19.1. The lowest BCUT2D eigenvalue weighted by atomic mass is 9.85. The third kappa shape index (κ3) is 3.83. The molecule has 1 aliphatic heterocycles. The number of hydrogen-bond acceptors (Lipinski definition) is 2. The summed E-state index contributed by atoms with van der Waals surface area (Å²) in [5.41, 5.74) is 6.99. The van der Waals surface area contributed by atoms with E-state index in [4.69, 9.17) is 5.73 Å². The summed E-state index contributed by atoms with van der Waals surface area (Å²) in [6, 6.07) is 2.89. The quantitative estimate of drug-likeness (QED) is 0.916. The van der Waals surface area contributed by atoms with Gasteiger partial charge in [0.1, 0.15) is 11.6 Å². The van der Waals surface area contributed by atoms with Gasteiger partial charge in [0.05, 0.1) is 6.04 Å². The van der Waals surface area contributed by atoms with E-state index in [1.165, 1.54) is 25.3 Å². The lowest BCUT2D eigenvalue weighted by Gasteiger charge is -2.26. The molecule has 3 rings (SSSR count). The highest BCUT2D eigenvalue weighted by molar-refractivity contribution is 5.85. The van der Waals surface area contributed by atoms with Crippen LogP contribution < -0.4 is 5.73 Å². The summed E-state index contributed by atoms with van der Waals surface area (Å²) in [6.07, 6.45) is 8.53. The average Bonchev–Trinajstić information content (AvgIpc) is 3.07. The molecular formula is C19H24F2N2O. The van der Waals surface area contributed by atoms with Crippen molar-refractivity contribution in [2.45, 2.75) is 44.6 Å². The molecule has 1 amide bonds. The molecule has 0 unspecified atom stereocenters. The van der Waals surface area contributed by atoms with Crippen molar-refractivity contribution in [3.05, 3.63) is 41.5 Å². The second kappa shape index (κ2) is 7.43. The maximum Gasteiger partial charge on any atom is 0.240 e. The van der Waals surface area contributed by atoms with Gasteiger partial charge in [0, 0.05) is 18.7 Å². The largest absolute Gasteiger partial charge is 0.333 e. The zero-order valence-electron chi connectivity index (χ0n) is 13.8. The molecule has 1 atom stereocenters. The van der Waals surface area contributed by atoms with Gasteiger partial charge in [0.25, 0.3) is 0 Å². The standard InChI is InChI=1S/C19H24F2N2O/c20-15-6-7-17(21)16(11-15)14-8-9-23(12-14)19(24)18(22)10-13-4-2-1-3-5-13/h6-8,11,13,18H,1-5,9-10,12,22H2/t18-/m0/s1. The van der Waals surface area contributed by atoms with E-state index in [0.717, 1.165) is 31.4 Å². The van der Waals surface area contributed by atoms with Crippen molar-refractivity contribution >= 4 is 11.5 Å². The Morgan fingerprint density at radius 3 is 2.75 bits per heavy atom. The summed E-state index contributed by atoms with van der Waals surface area (Å²) in [5, 5.41) is 0. The molecular weight excluding hydrogens is 310 g/mol. The maximum atomic E-state index is 13.9. The minimum absolute atomic E-state index is 0.0939. The monoisotopic (exact) mass is 334 g/mol. The molecule has 24 heavy (non-hydrogen) atoms. The van der Waals surface area contributed by atoms with Crippen LogP contribution in [0.2, 0.25) is 0 Å². The Bertz CT molecular complexity index is 638. The average molecular weight is 334 g/mol. The summed E-state index contributed by atoms with van der Waals surface area (Å²) in [6.45, 7) is 0.695. The van der Waals surface area contributed by atoms with Crippen LogP contribution in [0.4, 0.5) is 8.78 Å². The number of hydrogen-bond donors (Lipinski definition) is 1. The van der Waals surface area contributed by atoms with Crippen molar-refractivity contribution in [2.75, 3.05) is 13.1 Å². The molecule has 1 fully saturated rings. The lowest BCUT2D eigenvalue weighted by molar-refractivity contribution is -0.131. The molecule has 1 aliphatic carbocycles. The zero-order valence-corrected chi connectivity index (χ0v) is 13.8. The molecule has 1 heterocycles. The second-order valence-corrected chi connectivity index (χ2v) is 6.92. The zero-order chi connectivity index (χ0) is 17.1. The third-order valence-electron chi connectivity index (χ3n) is 5.13. The van der Waals surface area contributed by atoms with Crippen LogP contribution in [0.3, 0.4) is 0 Å². The van der Waals surface area contributed by atoms with Gasteiger partial charge in [-0.2, -0.15) is 0 Å². The van der Waals surface area contributed by atoms with Crippen molar-refractivity contribution in [1.29, 1.82) is 0 Å². The van der Waals surface area contributed by atoms with Crippen LogP contribution in [-0.2, 0) is 4.79 Å². The number of carbonyl (C=O) groups is 1. The third-order valence-corrected chi connectivity index (χ3v) is 5.13. The van der Waals surface area contributed by atoms with E-state index in [-0.39, 0.29) is 18.0 Å². The van der Waals surface area contributed by atoms with Gasteiger partial charge < -0.3 is 10.6 Å². The predicted octanol–water partition coefficient (Wildman–Crippen LogP) is 3.49. The first-order chi connectivity index (χ1) is 11.5. The smallest absolute Gasteiger partial charge is 0.240 e. The Balaban J connectivity index is 1.59. The molecule has 0 spiro atoms. The molecule has 3 nitrogen and oxygen atoms in total. The Kier molecular flexibility index (Phi) is 5.29. The summed E-state index contributed by atoms with van der Waals surface area (Å²) in [7, 11) is 0. The number of rotatable bonds is 4. The van der Waals surface area contributed by atoms with Crippen molar-refractivity contribution in [2.24, 2.45) is 11.7 Å². The van der Waals surface area contributed by atoms with E-state index in [9.17, 15) is 13.6 Å². The number of carbonyl (C=O) groups excluding carboxylic acids is 1. The van der Waals surface area contributed by atoms with E-state index in [2.05, 4.69) is 0 Å². The van der Waals surface area contributed by atoms with Gasteiger partial charge in [-0.25, -0.2) is 8.78 Å². The molecule has 0 bridgehead atoms. The number of nitrogens with zero attached hydrogens (tertiary/aromatic N) is 1. The fourth-order valence-corrected chi connectivity index (χ4v) is 3.78. The molecule has 130 valence electrons. The number of amides is 1. The van der Waals surface area contributed by atoms with Crippen LogP contribution in [0.15, 0.2) is 24.3 Å². The van der Waals surface area contributed by atoms with Gasteiger partial charge in [-0.15, -0.1) is 0 Å². The van der Waals surface area contributed by atoms with E-state index in [1.807, 2.05) is 0 Å². The predicted molar refractivity (Wildman–Crippen MR) is 90.1 cm³/mol. The lowest BCUT2D eigenvalue weighted by Crippen LogP contribution is -2.44. The fourth-order valence-electron chi connectivity index (χ4n) is 3.78. The SMILES string of the molecule is N[C@@H](CC1CCCCC1)C(=O)N1CC=C(c2cc(F)ccc2F)C1. The van der Waals surface area contributed by atoms with Gasteiger partial charge in [-0.3, -0.25) is 4.79 Å². The fraction of sp³-hybridized carbons (Fsp3) is 0.526. The van der Waals surface area contributed by atoms with E-state index in [1.54, 1.807) is 11.0 Å². The van der Waals surface area contributed by atoms with Crippen molar-refractivity contribution in [3.8, 4) is 0 Å². The van der Waals surface area contributed by atoms with E-state index in [0.29, 0.717) is 18.0 Å². The van der Waals surface area contributed by atoms with Gasteiger partial charge in [0.15, 0.2) is 0 Å². The van der Waals surface area contributed by atoms with Crippen molar-refractivity contribution in [1.82, 2.24) is 4.90 Å². The van der Waals surface area contributed by atoms with Gasteiger partial charge in [0.2, 0.25) is 5.91 Å². The number of nitrogens with two attached hydrogens (primary N) is 1. The maximum absolute atomic E-state index is 13.9. The van der Waals surface area contributed by atoms with Crippen LogP contribution >= 0.6 is 0 Å². The molecule has 1 aromatic rings. The molecule has 2 N–H and O–H groups in total. The summed E-state index contributed by atoms with van der Waals surface area (Å²) >= 11 is 0. The Labute approximate surface area is 141 Å². The van der Waals surface area contributed by atoms with E-state index < -0.39 is 17.7 Å². The summed E-state index contributed by atoms with van der Waals surface area (Å²) in [5.74, 6) is -0.508. The van der Waals surface area contributed by atoms with Crippen molar-refractivity contribution < 1.29 is 13.6 Å². The molecule has 0 aromatic heterocycles. The normalized spacial score (nSPS) is 20.1. The first-order valence-electron chi connectivity index (χ1n) is 8.73. The van der Waals surface area contributed by atoms with Gasteiger partial charge in [-0.1, -0.05) is 38.2 Å². The van der Waals surface area contributed by atoms with Crippen molar-refractivity contribution in [3.63, 3.8) is 0 Å². The van der Waals surface area contributed by atoms with Crippen LogP contribution in [0, 0.1) is 17.6 Å². The molecule has 2 aliphatic rings. The summed E-state index contributed by atoms with van der Waals surface area (Å²) < 4.78 is 27.2. The summed E-state index contributed by atoms with van der Waals surface area (Å²) in [4.78, 5) is 14.2. The van der Waals surface area contributed by atoms with Crippen LogP contribution in [0.5, 0.6) is 0 Å². The second-order valence-electron chi connectivity index (χ2n) is 6.92. The van der Waals surface area contributed by atoms with E-state index >= 15 is 0 Å². The van der Waals surface area contributed by atoms with Crippen LogP contribution in [-0.4, -0.2) is 29.9 Å². The van der Waals surface area contributed by atoms with Crippen LogP contribution in [0.1, 0.15) is 44.1 Å². The molecule has 1 saturated carbocycles. The Morgan fingerprint density at radius 2 is 2.00 bits per heavy atom. The van der Waals surface area contributed by atoms with Gasteiger partial charge in [-0.05, 0) is 36.1 Å². The highest BCUT2D eigenvalue weighted by Crippen LogP contribution is 2.28. The minimum Gasteiger partial charge on any atom is -0.333 e. The Hall–Kier alpha value is -1.75. The molecule has 0 saturated heterocycles. The number of benzene rings is 1. The molecule has 5 heteroatoms. The Morgan fingerprint density at radius 1 is 1.25 bits per heavy atom. The van der Waals surface area contributed by atoms with Crippen LogP contribution in [0.25, 0.3) is 5.57 Å². The minimum atomic E-state index is -0.502. The first-order valence-corrected chi connectivity index (χ1v) is 8.73. The topological polar surface area (TPSA) is 46.3 Å².